The van der Waals surface area contributed by atoms with Crippen LogP contribution in [0, 0.1) is 17.0 Å². The van der Waals surface area contributed by atoms with Crippen LogP contribution in [0.4, 0.5) is 5.69 Å². The van der Waals surface area contributed by atoms with Crippen LogP contribution in [-0.4, -0.2) is 22.4 Å². The van der Waals surface area contributed by atoms with E-state index in [1.807, 2.05) is 37.3 Å². The van der Waals surface area contributed by atoms with Gasteiger partial charge in [0.25, 0.3) is 11.6 Å². The average Bonchev–Trinajstić information content (AvgIpc) is 3.19. The van der Waals surface area contributed by atoms with Gasteiger partial charge in [0, 0.05) is 36.2 Å². The number of nitrogens with one attached hydrogen (secondary N) is 2. The average molecular weight is 460 g/mol. The number of amides is 2. The predicted octanol–water partition coefficient (Wildman–Crippen LogP) is 3.83. The SMILES string of the molecule is Cc1c(C(=O)NCc2ccccc2)oc2c1/C(=N/NC(=O)Cc1ccc([N+](=O)[O-])cc1)CCC2. The fraction of sp³-hybridized carbons (Fsp3) is 0.240. The smallest absolute Gasteiger partial charge is 0.287 e. The van der Waals surface area contributed by atoms with Crippen molar-refractivity contribution in [1.82, 2.24) is 10.7 Å². The second-order valence-corrected chi connectivity index (χ2v) is 8.07. The Morgan fingerprint density at radius 1 is 1.06 bits per heavy atom. The first-order chi connectivity index (χ1) is 16.4. The lowest BCUT2D eigenvalue weighted by Crippen LogP contribution is -2.24. The third kappa shape index (κ3) is 5.20. The van der Waals surface area contributed by atoms with Gasteiger partial charge in [-0.05, 0) is 30.9 Å². The van der Waals surface area contributed by atoms with Crippen molar-refractivity contribution in [2.24, 2.45) is 5.10 Å². The van der Waals surface area contributed by atoms with Gasteiger partial charge < -0.3 is 9.73 Å². The minimum absolute atomic E-state index is 0.0295. The van der Waals surface area contributed by atoms with E-state index in [4.69, 9.17) is 4.42 Å². The number of hydrogen-bond donors (Lipinski definition) is 2. The van der Waals surface area contributed by atoms with Gasteiger partial charge in [-0.3, -0.25) is 19.7 Å². The van der Waals surface area contributed by atoms with E-state index < -0.39 is 4.92 Å². The highest BCUT2D eigenvalue weighted by Gasteiger charge is 2.28. The Kier molecular flexibility index (Phi) is 6.82. The molecule has 2 aromatic carbocycles. The van der Waals surface area contributed by atoms with Gasteiger partial charge in [-0.2, -0.15) is 5.10 Å². The van der Waals surface area contributed by atoms with E-state index in [1.54, 1.807) is 12.1 Å². The van der Waals surface area contributed by atoms with Crippen molar-refractivity contribution >= 4 is 23.2 Å². The minimum atomic E-state index is -0.486. The van der Waals surface area contributed by atoms with Gasteiger partial charge in [-0.15, -0.1) is 0 Å². The van der Waals surface area contributed by atoms with Crippen LogP contribution in [-0.2, 0) is 24.2 Å². The first kappa shape index (κ1) is 22.9. The zero-order valence-electron chi connectivity index (χ0n) is 18.7. The maximum atomic E-state index is 12.7. The maximum Gasteiger partial charge on any atom is 0.287 e. The molecule has 0 bridgehead atoms. The van der Waals surface area contributed by atoms with Crippen molar-refractivity contribution in [1.29, 1.82) is 0 Å². The molecule has 2 amide bonds. The van der Waals surface area contributed by atoms with Crippen molar-refractivity contribution in [2.45, 2.75) is 39.2 Å². The molecule has 1 aromatic heterocycles. The molecule has 0 aliphatic heterocycles. The van der Waals surface area contributed by atoms with Crippen LogP contribution in [0.2, 0.25) is 0 Å². The molecule has 2 N–H and O–H groups in total. The van der Waals surface area contributed by atoms with E-state index in [-0.39, 0.29) is 29.7 Å². The number of nitro benzene ring substituents is 1. The lowest BCUT2D eigenvalue weighted by Gasteiger charge is -2.13. The van der Waals surface area contributed by atoms with Gasteiger partial charge >= 0.3 is 0 Å². The molecule has 4 rings (SSSR count). The molecule has 0 saturated carbocycles. The monoisotopic (exact) mass is 460 g/mol. The zero-order chi connectivity index (χ0) is 24.1. The number of non-ortho nitro benzene ring substituents is 1. The van der Waals surface area contributed by atoms with Crippen molar-refractivity contribution in [3.8, 4) is 0 Å². The molecule has 1 heterocycles. The van der Waals surface area contributed by atoms with Crippen molar-refractivity contribution in [3.63, 3.8) is 0 Å². The Morgan fingerprint density at radius 2 is 1.79 bits per heavy atom. The predicted molar refractivity (Wildman–Crippen MR) is 125 cm³/mol. The molecule has 3 aromatic rings. The van der Waals surface area contributed by atoms with Crippen LogP contribution in [0.5, 0.6) is 0 Å². The van der Waals surface area contributed by atoms with Crippen LogP contribution in [0.1, 0.15) is 51.4 Å². The molecule has 0 unspecified atom stereocenters. The first-order valence-electron chi connectivity index (χ1n) is 11.0. The molecule has 174 valence electrons. The van der Waals surface area contributed by atoms with Crippen LogP contribution in [0.15, 0.2) is 64.1 Å². The summed E-state index contributed by atoms with van der Waals surface area (Å²) >= 11 is 0. The Balaban J connectivity index is 1.43. The molecule has 0 spiro atoms. The second kappa shape index (κ2) is 10.1. The van der Waals surface area contributed by atoms with Gasteiger partial charge in [-0.1, -0.05) is 42.5 Å². The van der Waals surface area contributed by atoms with Gasteiger partial charge in [0.05, 0.1) is 17.1 Å². The molecule has 9 nitrogen and oxygen atoms in total. The number of hydrazone groups is 1. The number of fused-ring (bicyclic) bond motifs is 1. The standard InChI is InChI=1S/C25H24N4O5/c1-16-23-20(27-28-22(30)14-17-10-12-19(13-11-17)29(32)33)8-5-9-21(23)34-24(16)25(31)26-15-18-6-3-2-4-7-18/h2-4,6-7,10-13H,5,8-9,14-15H2,1H3,(H,26,31)(H,28,30)/b27-20+. The fourth-order valence-corrected chi connectivity index (χ4v) is 3.95. The third-order valence-corrected chi connectivity index (χ3v) is 5.66. The van der Waals surface area contributed by atoms with Crippen molar-refractivity contribution in [3.05, 3.63) is 98.5 Å². The number of rotatable bonds is 7. The lowest BCUT2D eigenvalue weighted by molar-refractivity contribution is -0.384. The number of benzene rings is 2. The van der Waals surface area contributed by atoms with Gasteiger partial charge in [0.2, 0.25) is 5.91 Å². The van der Waals surface area contributed by atoms with Gasteiger partial charge in [-0.25, -0.2) is 5.43 Å². The van der Waals surface area contributed by atoms with Crippen LogP contribution in [0.3, 0.4) is 0 Å². The Hall–Kier alpha value is -4.27. The number of nitro groups is 1. The summed E-state index contributed by atoms with van der Waals surface area (Å²) in [5, 5.41) is 18.0. The largest absolute Gasteiger partial charge is 0.455 e. The Bertz CT molecular complexity index is 1250. The molecular weight excluding hydrogens is 436 g/mol. The molecule has 9 heteroatoms. The molecular formula is C25H24N4O5. The Labute approximate surface area is 196 Å². The van der Waals surface area contributed by atoms with E-state index in [2.05, 4.69) is 15.8 Å². The van der Waals surface area contributed by atoms with E-state index in [1.165, 1.54) is 12.1 Å². The summed E-state index contributed by atoms with van der Waals surface area (Å²) < 4.78 is 5.89. The number of aryl methyl sites for hydroxylation is 1. The first-order valence-corrected chi connectivity index (χ1v) is 11.0. The highest BCUT2D eigenvalue weighted by atomic mass is 16.6. The topological polar surface area (TPSA) is 127 Å². The summed E-state index contributed by atoms with van der Waals surface area (Å²) in [6, 6.07) is 15.4. The second-order valence-electron chi connectivity index (χ2n) is 8.07. The molecule has 1 aliphatic rings. The van der Waals surface area contributed by atoms with Crippen LogP contribution < -0.4 is 10.7 Å². The summed E-state index contributed by atoms with van der Waals surface area (Å²) in [6.07, 6.45) is 2.18. The van der Waals surface area contributed by atoms with E-state index >= 15 is 0 Å². The highest BCUT2D eigenvalue weighted by molar-refractivity contribution is 6.06. The third-order valence-electron chi connectivity index (χ3n) is 5.66. The molecule has 1 aliphatic carbocycles. The van der Waals surface area contributed by atoms with Crippen LogP contribution in [0.25, 0.3) is 0 Å². The quantitative estimate of drug-likeness (QED) is 0.409. The van der Waals surface area contributed by atoms with Gasteiger partial charge in [0.15, 0.2) is 5.76 Å². The van der Waals surface area contributed by atoms with E-state index in [9.17, 15) is 19.7 Å². The summed E-state index contributed by atoms with van der Waals surface area (Å²) in [5.41, 5.74) is 6.30. The number of nitrogens with zero attached hydrogens (tertiary/aromatic N) is 2. The Morgan fingerprint density at radius 3 is 2.50 bits per heavy atom. The van der Waals surface area contributed by atoms with Crippen LogP contribution >= 0.6 is 0 Å². The van der Waals surface area contributed by atoms with E-state index in [0.29, 0.717) is 42.0 Å². The summed E-state index contributed by atoms with van der Waals surface area (Å²) in [4.78, 5) is 35.4. The maximum absolute atomic E-state index is 12.7. The number of carbonyl (C=O) groups is 2. The fourth-order valence-electron chi connectivity index (χ4n) is 3.95. The molecule has 34 heavy (non-hydrogen) atoms. The minimum Gasteiger partial charge on any atom is -0.455 e. The summed E-state index contributed by atoms with van der Waals surface area (Å²) in [6.45, 7) is 2.21. The number of carbonyl (C=O) groups excluding carboxylic acids is 2. The number of hydrogen-bond acceptors (Lipinski definition) is 6. The lowest BCUT2D eigenvalue weighted by atomic mass is 9.93. The highest BCUT2D eigenvalue weighted by Crippen LogP contribution is 2.30. The summed E-state index contributed by atoms with van der Waals surface area (Å²) in [5.74, 6) is 0.317. The van der Waals surface area contributed by atoms with Crippen molar-refractivity contribution < 1.29 is 18.9 Å². The summed E-state index contributed by atoms with van der Waals surface area (Å²) in [7, 11) is 0. The zero-order valence-corrected chi connectivity index (χ0v) is 18.7. The molecule has 0 atom stereocenters. The molecule has 0 saturated heterocycles. The number of furan rings is 1. The van der Waals surface area contributed by atoms with E-state index in [0.717, 1.165) is 17.5 Å². The molecule has 0 radical (unpaired) electrons. The normalized spacial score (nSPS) is 13.9. The van der Waals surface area contributed by atoms with Gasteiger partial charge in [0.1, 0.15) is 5.76 Å². The van der Waals surface area contributed by atoms with Crippen molar-refractivity contribution in [2.75, 3.05) is 0 Å². The molecule has 0 fully saturated rings.